The lowest BCUT2D eigenvalue weighted by Gasteiger charge is -2.11. The predicted molar refractivity (Wildman–Crippen MR) is 69.2 cm³/mol. The third-order valence-corrected chi connectivity index (χ3v) is 4.92. The Hall–Kier alpha value is -1.47. The van der Waals surface area contributed by atoms with Crippen LogP contribution < -0.4 is 0 Å². The maximum Gasteiger partial charge on any atom is 0.274 e. The number of rotatable bonds is 4. The fraction of sp³-hybridized carbons (Fsp3) is 0.364. The van der Waals surface area contributed by atoms with Crippen molar-refractivity contribution in [1.29, 1.82) is 0 Å². The van der Waals surface area contributed by atoms with Crippen LogP contribution in [0.5, 0.6) is 0 Å². The van der Waals surface area contributed by atoms with Crippen LogP contribution in [0.25, 0.3) is 0 Å². The van der Waals surface area contributed by atoms with Gasteiger partial charge in [0.15, 0.2) is 0 Å². The lowest BCUT2D eigenvalue weighted by molar-refractivity contribution is -0.385. The molecule has 1 saturated carbocycles. The Labute approximate surface area is 115 Å². The molecule has 0 aromatic heterocycles. The van der Waals surface area contributed by atoms with E-state index in [1.165, 1.54) is 6.07 Å². The fourth-order valence-corrected chi connectivity index (χ4v) is 3.16. The fourth-order valence-electron chi connectivity index (χ4n) is 2.10. The quantitative estimate of drug-likeness (QED) is 0.396. The molecular weight excluding hydrogens is 294 g/mol. The van der Waals surface area contributed by atoms with Crippen molar-refractivity contribution < 1.29 is 18.1 Å². The number of hydrogen-bond donors (Lipinski definition) is 1. The Morgan fingerprint density at radius 1 is 1.42 bits per heavy atom. The number of hydrogen-bond acceptors (Lipinski definition) is 5. The molecule has 0 spiro atoms. The zero-order valence-electron chi connectivity index (χ0n) is 9.88. The lowest BCUT2D eigenvalue weighted by atomic mass is 10.0. The van der Waals surface area contributed by atoms with Crippen molar-refractivity contribution in [2.45, 2.75) is 24.5 Å². The van der Waals surface area contributed by atoms with E-state index in [4.69, 9.17) is 11.6 Å². The highest BCUT2D eigenvalue weighted by Crippen LogP contribution is 2.52. The Morgan fingerprint density at radius 3 is 2.37 bits per heavy atom. The predicted octanol–water partition coefficient (Wildman–Crippen LogP) is 1.88. The van der Waals surface area contributed by atoms with Gasteiger partial charge in [0, 0.05) is 11.6 Å². The summed E-state index contributed by atoms with van der Waals surface area (Å²) in [5.41, 5.74) is 0.233. The van der Waals surface area contributed by atoms with E-state index in [1.807, 2.05) is 0 Å². The largest absolute Gasteiger partial charge is 0.276 e. The van der Waals surface area contributed by atoms with Crippen LogP contribution in [0.15, 0.2) is 12.1 Å². The van der Waals surface area contributed by atoms with Crippen molar-refractivity contribution in [3.8, 4) is 0 Å². The standard InChI is InChI=1S/C11H10ClNO5S/c1-6-4-8(11(2-3-11)19(17)18)9(13(15)16)5-7(6)10(12)14/h4-5,19H,2-3H2,1H3. The molecule has 0 atom stereocenters. The third-order valence-electron chi connectivity index (χ3n) is 3.33. The number of aryl methyl sites for hydroxylation is 1. The number of nitro groups is 1. The van der Waals surface area contributed by atoms with E-state index < -0.39 is 25.6 Å². The van der Waals surface area contributed by atoms with Crippen LogP contribution in [-0.2, 0) is 15.5 Å². The van der Waals surface area contributed by atoms with Gasteiger partial charge >= 0.3 is 0 Å². The molecule has 1 aliphatic carbocycles. The number of nitrogens with zero attached hydrogens (tertiary/aromatic N) is 1. The molecule has 0 unspecified atom stereocenters. The first-order valence-corrected chi connectivity index (χ1v) is 6.99. The minimum atomic E-state index is -2.81. The minimum Gasteiger partial charge on any atom is -0.276 e. The second kappa shape index (κ2) is 4.57. The van der Waals surface area contributed by atoms with Crippen molar-refractivity contribution in [3.63, 3.8) is 0 Å². The average molecular weight is 304 g/mol. The maximum absolute atomic E-state index is 11.3. The van der Waals surface area contributed by atoms with Crippen molar-refractivity contribution >= 4 is 33.2 Å². The molecule has 0 N–H and O–H groups in total. The molecule has 1 aromatic carbocycles. The lowest BCUT2D eigenvalue weighted by Crippen LogP contribution is -2.13. The molecule has 102 valence electrons. The smallest absolute Gasteiger partial charge is 0.274 e. The van der Waals surface area contributed by atoms with Crippen molar-refractivity contribution in [2.75, 3.05) is 0 Å². The summed E-state index contributed by atoms with van der Waals surface area (Å²) in [6.07, 6.45) is 0.723. The van der Waals surface area contributed by atoms with E-state index in [1.54, 1.807) is 6.92 Å². The number of nitro benzene ring substituents is 1. The summed E-state index contributed by atoms with van der Waals surface area (Å²) in [6.45, 7) is 1.57. The molecule has 1 aliphatic rings. The van der Waals surface area contributed by atoms with E-state index in [0.29, 0.717) is 18.4 Å². The van der Waals surface area contributed by atoms with Crippen LogP contribution in [-0.4, -0.2) is 18.6 Å². The molecule has 0 saturated heterocycles. The highest BCUT2D eigenvalue weighted by molar-refractivity contribution is 7.74. The van der Waals surface area contributed by atoms with Crippen molar-refractivity contribution in [2.24, 2.45) is 0 Å². The van der Waals surface area contributed by atoms with Gasteiger partial charge in [0.25, 0.3) is 10.9 Å². The van der Waals surface area contributed by atoms with Gasteiger partial charge in [-0.3, -0.25) is 14.9 Å². The van der Waals surface area contributed by atoms with Crippen LogP contribution >= 0.6 is 11.6 Å². The monoisotopic (exact) mass is 303 g/mol. The molecule has 6 nitrogen and oxygen atoms in total. The first-order valence-electron chi connectivity index (χ1n) is 5.43. The van der Waals surface area contributed by atoms with Crippen LogP contribution in [0.4, 0.5) is 5.69 Å². The average Bonchev–Trinajstić information content (AvgIpc) is 3.08. The Morgan fingerprint density at radius 2 is 2.00 bits per heavy atom. The second-order valence-corrected chi connectivity index (χ2v) is 6.22. The Bertz CT molecular complexity index is 655. The van der Waals surface area contributed by atoms with Gasteiger partial charge in [-0.15, -0.1) is 0 Å². The molecule has 0 bridgehead atoms. The minimum absolute atomic E-state index is 0.0223. The maximum atomic E-state index is 11.3. The Kier molecular flexibility index (Phi) is 3.36. The highest BCUT2D eigenvalue weighted by atomic mass is 35.5. The summed E-state index contributed by atoms with van der Waals surface area (Å²) in [5, 5.41) is 10.3. The second-order valence-electron chi connectivity index (χ2n) is 4.50. The first kappa shape index (κ1) is 14.0. The van der Waals surface area contributed by atoms with Gasteiger partial charge in [-0.1, -0.05) is 0 Å². The third kappa shape index (κ3) is 2.23. The van der Waals surface area contributed by atoms with Crippen LogP contribution in [0.3, 0.4) is 0 Å². The highest BCUT2D eigenvalue weighted by Gasteiger charge is 2.52. The summed E-state index contributed by atoms with van der Waals surface area (Å²) in [4.78, 5) is 21.6. The van der Waals surface area contributed by atoms with Gasteiger partial charge < -0.3 is 0 Å². The SMILES string of the molecule is Cc1cc(C2([SH](=O)=O)CC2)c([N+](=O)[O-])cc1C(=O)Cl. The molecule has 1 aromatic rings. The number of carbonyl (C=O) groups is 1. The molecule has 19 heavy (non-hydrogen) atoms. The van der Waals surface area contributed by atoms with E-state index in [2.05, 4.69) is 0 Å². The molecule has 0 amide bonds. The summed E-state index contributed by atoms with van der Waals surface area (Å²) in [7, 11) is -2.81. The summed E-state index contributed by atoms with van der Waals surface area (Å²) < 4.78 is 21.5. The van der Waals surface area contributed by atoms with E-state index in [-0.39, 0.29) is 16.8 Å². The first-order chi connectivity index (χ1) is 8.79. The Balaban J connectivity index is 2.72. The normalized spacial score (nSPS) is 16.4. The molecule has 0 aliphatic heterocycles. The summed E-state index contributed by atoms with van der Waals surface area (Å²) in [5.74, 6) is 0. The number of benzene rings is 1. The summed E-state index contributed by atoms with van der Waals surface area (Å²) >= 11 is 5.35. The van der Waals surface area contributed by atoms with Crippen LogP contribution in [0, 0.1) is 17.0 Å². The summed E-state index contributed by atoms with van der Waals surface area (Å²) in [6, 6.07) is 2.44. The molecule has 1 fully saturated rings. The van der Waals surface area contributed by atoms with Gasteiger partial charge in [0.05, 0.1) is 10.5 Å². The van der Waals surface area contributed by atoms with Crippen LogP contribution in [0.2, 0.25) is 0 Å². The van der Waals surface area contributed by atoms with E-state index in [9.17, 15) is 23.3 Å². The number of carbonyl (C=O) groups excluding carboxylic acids is 1. The van der Waals surface area contributed by atoms with Gasteiger partial charge in [-0.05, 0) is 43.0 Å². The molecule has 2 rings (SSSR count). The van der Waals surface area contributed by atoms with E-state index in [0.717, 1.165) is 6.07 Å². The van der Waals surface area contributed by atoms with Gasteiger partial charge in [-0.25, -0.2) is 8.42 Å². The molecule has 8 heteroatoms. The zero-order valence-corrected chi connectivity index (χ0v) is 11.5. The van der Waals surface area contributed by atoms with Gasteiger partial charge in [-0.2, -0.15) is 0 Å². The topological polar surface area (TPSA) is 94.3 Å². The molecule has 0 heterocycles. The zero-order chi connectivity index (χ0) is 14.4. The number of halogens is 1. The van der Waals surface area contributed by atoms with Crippen molar-refractivity contribution in [3.05, 3.63) is 38.9 Å². The van der Waals surface area contributed by atoms with Gasteiger partial charge in [0.2, 0.25) is 0 Å². The van der Waals surface area contributed by atoms with Gasteiger partial charge in [0.1, 0.15) is 15.5 Å². The van der Waals surface area contributed by atoms with Crippen molar-refractivity contribution in [1.82, 2.24) is 0 Å². The number of thiol groups is 1. The van der Waals surface area contributed by atoms with E-state index >= 15 is 0 Å². The molecular formula is C11H10ClNO5S. The molecule has 0 radical (unpaired) electrons. The van der Waals surface area contributed by atoms with Crippen LogP contribution in [0.1, 0.15) is 34.3 Å².